The first-order valence-electron chi connectivity index (χ1n) is 6.03. The molecule has 1 aromatic rings. The summed E-state index contributed by atoms with van der Waals surface area (Å²) in [6.45, 7) is 10.2. The molecular weight excluding hydrogens is 214 g/mol. The molecule has 4 heteroatoms. The summed E-state index contributed by atoms with van der Waals surface area (Å²) in [6.07, 6.45) is 0. The highest BCUT2D eigenvalue weighted by atomic mass is 16.1. The Balaban J connectivity index is 2.33. The number of H-pyrrole nitrogens is 1. The van der Waals surface area contributed by atoms with E-state index in [9.17, 15) is 4.79 Å². The third-order valence-electron chi connectivity index (χ3n) is 2.41. The van der Waals surface area contributed by atoms with Gasteiger partial charge in [-0.1, -0.05) is 6.07 Å². The molecule has 0 bridgehead atoms. The van der Waals surface area contributed by atoms with E-state index < -0.39 is 0 Å². The van der Waals surface area contributed by atoms with E-state index in [-0.39, 0.29) is 11.1 Å². The van der Waals surface area contributed by atoms with Crippen LogP contribution in [0.1, 0.15) is 33.4 Å². The van der Waals surface area contributed by atoms with E-state index >= 15 is 0 Å². The SMILES string of the molecule is CC(CNC(C)(C)C)NCc1cccc(=O)[nH]1. The van der Waals surface area contributed by atoms with Gasteiger partial charge in [-0.2, -0.15) is 0 Å². The Kier molecular flexibility index (Phi) is 4.90. The molecule has 1 rings (SSSR count). The topological polar surface area (TPSA) is 56.9 Å². The van der Waals surface area contributed by atoms with Crippen molar-refractivity contribution >= 4 is 0 Å². The fourth-order valence-corrected chi connectivity index (χ4v) is 1.41. The molecule has 0 spiro atoms. The Morgan fingerprint density at radius 2 is 2.06 bits per heavy atom. The van der Waals surface area contributed by atoms with Crippen molar-refractivity contribution < 1.29 is 0 Å². The molecule has 0 saturated heterocycles. The monoisotopic (exact) mass is 237 g/mol. The second-order valence-corrected chi connectivity index (χ2v) is 5.45. The van der Waals surface area contributed by atoms with Gasteiger partial charge in [-0.3, -0.25) is 4.79 Å². The predicted octanol–water partition coefficient (Wildman–Crippen LogP) is 1.24. The van der Waals surface area contributed by atoms with Crippen LogP contribution in [-0.4, -0.2) is 23.1 Å². The van der Waals surface area contributed by atoms with Crippen LogP contribution in [-0.2, 0) is 6.54 Å². The van der Waals surface area contributed by atoms with Gasteiger partial charge in [0.25, 0.3) is 0 Å². The molecule has 17 heavy (non-hydrogen) atoms. The molecule has 0 radical (unpaired) electrons. The van der Waals surface area contributed by atoms with Gasteiger partial charge in [-0.05, 0) is 33.8 Å². The van der Waals surface area contributed by atoms with Gasteiger partial charge < -0.3 is 15.6 Å². The maximum Gasteiger partial charge on any atom is 0.248 e. The molecular formula is C13H23N3O. The smallest absolute Gasteiger partial charge is 0.248 e. The molecule has 1 aromatic heterocycles. The van der Waals surface area contributed by atoms with Crippen LogP contribution < -0.4 is 16.2 Å². The first-order chi connectivity index (χ1) is 7.87. The summed E-state index contributed by atoms with van der Waals surface area (Å²) in [6, 6.07) is 5.57. The summed E-state index contributed by atoms with van der Waals surface area (Å²) in [5.74, 6) is 0. The number of nitrogens with one attached hydrogen (secondary N) is 3. The Labute approximate surface area is 103 Å². The number of aromatic nitrogens is 1. The fourth-order valence-electron chi connectivity index (χ4n) is 1.41. The van der Waals surface area contributed by atoms with E-state index in [0.717, 1.165) is 12.2 Å². The van der Waals surface area contributed by atoms with E-state index in [1.54, 1.807) is 6.07 Å². The van der Waals surface area contributed by atoms with Crippen LogP contribution in [0.3, 0.4) is 0 Å². The zero-order valence-electron chi connectivity index (χ0n) is 11.1. The van der Waals surface area contributed by atoms with Crippen LogP contribution >= 0.6 is 0 Å². The Morgan fingerprint density at radius 3 is 2.65 bits per heavy atom. The summed E-state index contributed by atoms with van der Waals surface area (Å²) in [5.41, 5.74) is 1.00. The summed E-state index contributed by atoms with van der Waals surface area (Å²) in [4.78, 5) is 13.9. The third kappa shape index (κ3) is 6.24. The van der Waals surface area contributed by atoms with Crippen molar-refractivity contribution in [3.8, 4) is 0 Å². The molecule has 1 heterocycles. The van der Waals surface area contributed by atoms with Crippen LogP contribution in [0.2, 0.25) is 0 Å². The summed E-state index contributed by atoms with van der Waals surface area (Å²) in [7, 11) is 0. The van der Waals surface area contributed by atoms with Crippen molar-refractivity contribution in [1.29, 1.82) is 0 Å². The quantitative estimate of drug-likeness (QED) is 0.722. The Hall–Kier alpha value is -1.13. The molecule has 0 amide bonds. The fraction of sp³-hybridized carbons (Fsp3) is 0.615. The largest absolute Gasteiger partial charge is 0.325 e. The zero-order valence-corrected chi connectivity index (χ0v) is 11.1. The van der Waals surface area contributed by atoms with E-state index in [4.69, 9.17) is 0 Å². The molecule has 0 fully saturated rings. The highest BCUT2D eigenvalue weighted by molar-refractivity contribution is 5.03. The van der Waals surface area contributed by atoms with Crippen molar-refractivity contribution in [3.63, 3.8) is 0 Å². The number of pyridine rings is 1. The molecule has 4 nitrogen and oxygen atoms in total. The summed E-state index contributed by atoms with van der Waals surface area (Å²) in [5, 5.41) is 6.80. The number of aromatic amines is 1. The molecule has 0 aliphatic carbocycles. The summed E-state index contributed by atoms with van der Waals surface area (Å²) < 4.78 is 0. The molecule has 0 aliphatic rings. The van der Waals surface area contributed by atoms with Crippen molar-refractivity contribution in [3.05, 3.63) is 34.2 Å². The third-order valence-corrected chi connectivity index (χ3v) is 2.41. The minimum atomic E-state index is -0.0511. The van der Waals surface area contributed by atoms with Crippen molar-refractivity contribution in [2.24, 2.45) is 0 Å². The van der Waals surface area contributed by atoms with Gasteiger partial charge in [0, 0.05) is 36.4 Å². The second kappa shape index (κ2) is 5.98. The molecule has 0 saturated carbocycles. The van der Waals surface area contributed by atoms with Gasteiger partial charge in [0.05, 0.1) is 0 Å². The van der Waals surface area contributed by atoms with Crippen LogP contribution in [0.15, 0.2) is 23.0 Å². The van der Waals surface area contributed by atoms with Crippen LogP contribution in [0.25, 0.3) is 0 Å². The van der Waals surface area contributed by atoms with Crippen LogP contribution in [0.5, 0.6) is 0 Å². The lowest BCUT2D eigenvalue weighted by Gasteiger charge is -2.24. The Morgan fingerprint density at radius 1 is 1.35 bits per heavy atom. The van der Waals surface area contributed by atoms with Gasteiger partial charge in [0.1, 0.15) is 0 Å². The minimum Gasteiger partial charge on any atom is -0.325 e. The Bertz CT molecular complexity index is 392. The molecule has 0 aromatic carbocycles. The summed E-state index contributed by atoms with van der Waals surface area (Å²) >= 11 is 0. The second-order valence-electron chi connectivity index (χ2n) is 5.45. The standard InChI is InChI=1S/C13H23N3O/c1-10(8-15-13(2,3)4)14-9-11-6-5-7-12(17)16-11/h5-7,10,14-15H,8-9H2,1-4H3,(H,16,17). The predicted molar refractivity (Wildman–Crippen MR) is 71.1 cm³/mol. The highest BCUT2D eigenvalue weighted by Gasteiger charge is 2.10. The van der Waals surface area contributed by atoms with Gasteiger partial charge in [-0.25, -0.2) is 0 Å². The van der Waals surface area contributed by atoms with Crippen molar-refractivity contribution in [2.45, 2.75) is 45.8 Å². The maximum atomic E-state index is 11.1. The molecule has 1 unspecified atom stereocenters. The molecule has 0 aliphatic heterocycles. The van der Waals surface area contributed by atoms with Gasteiger partial charge in [-0.15, -0.1) is 0 Å². The van der Waals surface area contributed by atoms with Crippen LogP contribution in [0, 0.1) is 0 Å². The average Bonchev–Trinajstić information content (AvgIpc) is 2.23. The van der Waals surface area contributed by atoms with Crippen LogP contribution in [0.4, 0.5) is 0 Å². The minimum absolute atomic E-state index is 0.0511. The zero-order chi connectivity index (χ0) is 12.9. The molecule has 1 atom stereocenters. The lowest BCUT2D eigenvalue weighted by Crippen LogP contribution is -2.44. The lowest BCUT2D eigenvalue weighted by atomic mass is 10.1. The highest BCUT2D eigenvalue weighted by Crippen LogP contribution is 1.98. The normalized spacial score (nSPS) is 13.6. The first kappa shape index (κ1) is 13.9. The van der Waals surface area contributed by atoms with E-state index in [0.29, 0.717) is 12.6 Å². The van der Waals surface area contributed by atoms with Gasteiger partial charge in [0.15, 0.2) is 0 Å². The number of hydrogen-bond donors (Lipinski definition) is 3. The van der Waals surface area contributed by atoms with Crippen molar-refractivity contribution in [1.82, 2.24) is 15.6 Å². The number of rotatable bonds is 5. The van der Waals surface area contributed by atoms with E-state index in [1.165, 1.54) is 6.07 Å². The maximum absolute atomic E-state index is 11.1. The van der Waals surface area contributed by atoms with E-state index in [1.807, 2.05) is 6.07 Å². The lowest BCUT2D eigenvalue weighted by molar-refractivity contribution is 0.386. The van der Waals surface area contributed by atoms with Gasteiger partial charge >= 0.3 is 0 Å². The number of hydrogen-bond acceptors (Lipinski definition) is 3. The average molecular weight is 237 g/mol. The van der Waals surface area contributed by atoms with Crippen molar-refractivity contribution in [2.75, 3.05) is 6.54 Å². The van der Waals surface area contributed by atoms with Gasteiger partial charge in [0.2, 0.25) is 5.56 Å². The molecule has 96 valence electrons. The molecule has 3 N–H and O–H groups in total. The van der Waals surface area contributed by atoms with E-state index in [2.05, 4.69) is 43.3 Å². The first-order valence-corrected chi connectivity index (χ1v) is 6.03.